The van der Waals surface area contributed by atoms with E-state index in [9.17, 15) is 19.5 Å². The van der Waals surface area contributed by atoms with Crippen LogP contribution in [0.2, 0.25) is 0 Å². The van der Waals surface area contributed by atoms with E-state index in [1.807, 2.05) is 39.0 Å². The molecular weight excluding hydrogens is 470 g/mol. The van der Waals surface area contributed by atoms with Crippen LogP contribution in [0.25, 0.3) is 0 Å². The summed E-state index contributed by atoms with van der Waals surface area (Å²) in [7, 11) is 1.69. The maximum atomic E-state index is 14.6. The monoisotopic (exact) mass is 509 g/mol. The van der Waals surface area contributed by atoms with Crippen LogP contribution in [0.3, 0.4) is 0 Å². The number of carbonyl (C=O) groups is 3. The van der Waals surface area contributed by atoms with E-state index < -0.39 is 35.1 Å². The lowest BCUT2D eigenvalue weighted by Gasteiger charge is -2.39. The lowest BCUT2D eigenvalue weighted by Crippen LogP contribution is -2.58. The first-order chi connectivity index (χ1) is 17.5. The fourth-order valence-electron chi connectivity index (χ4n) is 6.90. The van der Waals surface area contributed by atoms with E-state index >= 15 is 0 Å². The van der Waals surface area contributed by atoms with Gasteiger partial charge in [-0.15, -0.1) is 13.2 Å². The Labute approximate surface area is 219 Å². The molecule has 2 bridgehead atoms. The Morgan fingerprint density at radius 3 is 2.38 bits per heavy atom. The van der Waals surface area contributed by atoms with Crippen LogP contribution in [0.5, 0.6) is 0 Å². The van der Waals surface area contributed by atoms with Crippen LogP contribution in [0, 0.1) is 25.7 Å². The second kappa shape index (κ2) is 9.72. The highest BCUT2D eigenvalue weighted by Gasteiger charge is 2.78. The van der Waals surface area contributed by atoms with E-state index in [1.54, 1.807) is 35.9 Å². The lowest BCUT2D eigenvalue weighted by atomic mass is 9.66. The second-order valence-electron chi connectivity index (χ2n) is 11.0. The quantitative estimate of drug-likeness (QED) is 0.517. The van der Waals surface area contributed by atoms with Gasteiger partial charge in [0.05, 0.1) is 30.1 Å². The van der Waals surface area contributed by atoms with Crippen molar-refractivity contribution in [1.82, 2.24) is 9.80 Å². The molecule has 1 aromatic carbocycles. The van der Waals surface area contributed by atoms with Crippen molar-refractivity contribution in [3.05, 3.63) is 54.6 Å². The second-order valence-corrected chi connectivity index (χ2v) is 11.0. The molecule has 1 N–H and O–H groups in total. The van der Waals surface area contributed by atoms with Gasteiger partial charge in [0.1, 0.15) is 11.6 Å². The number of aliphatic hydroxyl groups is 1. The van der Waals surface area contributed by atoms with E-state index in [1.165, 1.54) is 4.90 Å². The third-order valence-corrected chi connectivity index (χ3v) is 8.52. The molecule has 2 unspecified atom stereocenters. The van der Waals surface area contributed by atoms with Crippen LogP contribution in [0.15, 0.2) is 43.5 Å². The Hall–Kier alpha value is -2.97. The summed E-state index contributed by atoms with van der Waals surface area (Å²) in [6, 6.07) is 4.24. The molecule has 3 aliphatic heterocycles. The van der Waals surface area contributed by atoms with Crippen LogP contribution in [-0.4, -0.2) is 82.7 Å². The van der Waals surface area contributed by atoms with Crippen LogP contribution < -0.4 is 4.90 Å². The molecule has 0 saturated carbocycles. The number of likely N-dealkylation sites (N-methyl/N-ethyl adjacent to an activating group) is 1. The van der Waals surface area contributed by atoms with Crippen molar-refractivity contribution in [1.29, 1.82) is 0 Å². The number of amides is 3. The van der Waals surface area contributed by atoms with Gasteiger partial charge >= 0.3 is 0 Å². The van der Waals surface area contributed by atoms with Gasteiger partial charge in [-0.3, -0.25) is 14.4 Å². The number of hydrogen-bond donors (Lipinski definition) is 1. The van der Waals surface area contributed by atoms with Crippen molar-refractivity contribution >= 4 is 23.4 Å². The van der Waals surface area contributed by atoms with E-state index in [-0.39, 0.29) is 30.9 Å². The van der Waals surface area contributed by atoms with E-state index in [0.29, 0.717) is 19.4 Å². The fraction of sp³-hybridized carbons (Fsp3) is 0.552. The number of fused-ring (bicyclic) bond motifs is 1. The highest BCUT2D eigenvalue weighted by Crippen LogP contribution is 2.63. The van der Waals surface area contributed by atoms with Gasteiger partial charge < -0.3 is 24.5 Å². The maximum absolute atomic E-state index is 14.6. The van der Waals surface area contributed by atoms with Gasteiger partial charge in [0, 0.05) is 25.8 Å². The molecule has 3 amide bonds. The number of ether oxygens (including phenoxy) is 1. The predicted octanol–water partition coefficient (Wildman–Crippen LogP) is 2.61. The molecule has 3 heterocycles. The smallest absolute Gasteiger partial charge is 0.253 e. The van der Waals surface area contributed by atoms with Gasteiger partial charge in [-0.2, -0.15) is 0 Å². The number of nitrogens with zero attached hydrogens (tertiary/aromatic N) is 3. The minimum absolute atomic E-state index is 0.190. The molecular formula is C29H39N3O5. The summed E-state index contributed by atoms with van der Waals surface area (Å²) in [5.74, 6) is -2.32. The van der Waals surface area contributed by atoms with Gasteiger partial charge in [0.15, 0.2) is 0 Å². The number of aryl methyl sites for hydroxylation is 2. The zero-order valence-corrected chi connectivity index (χ0v) is 22.6. The molecule has 1 spiro atoms. The van der Waals surface area contributed by atoms with Gasteiger partial charge in [-0.25, -0.2) is 0 Å². The fourth-order valence-corrected chi connectivity index (χ4v) is 6.90. The van der Waals surface area contributed by atoms with Crippen molar-refractivity contribution in [2.24, 2.45) is 11.8 Å². The molecule has 8 heteroatoms. The number of hydrogen-bond acceptors (Lipinski definition) is 5. The molecule has 0 aliphatic carbocycles. The Bertz CT molecular complexity index is 1110. The minimum Gasteiger partial charge on any atom is -0.394 e. The van der Waals surface area contributed by atoms with Crippen molar-refractivity contribution in [2.45, 2.75) is 63.8 Å². The minimum atomic E-state index is -1.16. The van der Waals surface area contributed by atoms with Crippen LogP contribution in [-0.2, 0) is 19.1 Å². The normalized spacial score (nSPS) is 30.7. The predicted molar refractivity (Wildman–Crippen MR) is 142 cm³/mol. The van der Waals surface area contributed by atoms with Crippen LogP contribution in [0.1, 0.15) is 37.8 Å². The van der Waals surface area contributed by atoms with Crippen molar-refractivity contribution in [3.8, 4) is 0 Å². The van der Waals surface area contributed by atoms with Crippen molar-refractivity contribution in [2.75, 3.05) is 31.6 Å². The lowest BCUT2D eigenvalue weighted by molar-refractivity contribution is -0.151. The number of likely N-dealkylation sites (tertiary alicyclic amines) is 1. The van der Waals surface area contributed by atoms with Gasteiger partial charge in [0.2, 0.25) is 11.8 Å². The molecule has 0 radical (unpaired) electrons. The molecule has 8 nitrogen and oxygen atoms in total. The maximum Gasteiger partial charge on any atom is 0.253 e. The van der Waals surface area contributed by atoms with Crippen molar-refractivity contribution in [3.63, 3.8) is 0 Å². The average Bonchev–Trinajstić information content (AvgIpc) is 3.42. The molecule has 200 valence electrons. The molecule has 3 saturated heterocycles. The Morgan fingerprint density at radius 1 is 1.19 bits per heavy atom. The zero-order chi connectivity index (χ0) is 27.3. The number of anilines is 1. The summed E-state index contributed by atoms with van der Waals surface area (Å²) in [5, 5.41) is 10.1. The summed E-state index contributed by atoms with van der Waals surface area (Å²) in [5.41, 5.74) is 0.615. The SMILES string of the molecule is C=CCN(C)C(=O)[C@@H]1[C@H]2C(=O)N([C@H](C)CO)C(C(=O)N(CC=C)c3c(C)cccc3C)C23CC[C@@]1(C)O3. The molecule has 3 aliphatic rings. The zero-order valence-electron chi connectivity index (χ0n) is 22.6. The van der Waals surface area contributed by atoms with E-state index in [2.05, 4.69) is 13.2 Å². The summed E-state index contributed by atoms with van der Waals surface area (Å²) in [6.45, 7) is 15.4. The van der Waals surface area contributed by atoms with Gasteiger partial charge in [-0.1, -0.05) is 30.4 Å². The average molecular weight is 510 g/mol. The number of aliphatic hydroxyl groups excluding tert-OH is 1. The summed E-state index contributed by atoms with van der Waals surface area (Å²) in [4.78, 5) is 47.1. The summed E-state index contributed by atoms with van der Waals surface area (Å²) in [6.07, 6.45) is 4.35. The van der Waals surface area contributed by atoms with Crippen LogP contribution in [0.4, 0.5) is 5.69 Å². The van der Waals surface area contributed by atoms with E-state index in [0.717, 1.165) is 16.8 Å². The highest BCUT2D eigenvalue weighted by molar-refractivity contribution is 6.05. The first-order valence-electron chi connectivity index (χ1n) is 13.0. The number of carbonyl (C=O) groups excluding carboxylic acids is 3. The summed E-state index contributed by atoms with van der Waals surface area (Å²) < 4.78 is 6.70. The molecule has 3 fully saturated rings. The van der Waals surface area contributed by atoms with E-state index in [4.69, 9.17) is 4.74 Å². The number of rotatable bonds is 9. The first kappa shape index (κ1) is 27.1. The van der Waals surface area contributed by atoms with Crippen molar-refractivity contribution < 1.29 is 24.2 Å². The molecule has 0 aromatic heterocycles. The molecule has 1 aromatic rings. The highest BCUT2D eigenvalue weighted by atomic mass is 16.5. The molecule has 4 rings (SSSR count). The number of benzene rings is 1. The first-order valence-corrected chi connectivity index (χ1v) is 13.0. The Kier molecular flexibility index (Phi) is 7.12. The molecule has 37 heavy (non-hydrogen) atoms. The van der Waals surface area contributed by atoms with Gasteiger partial charge in [-0.05, 0) is 51.7 Å². The molecule has 6 atom stereocenters. The standard InChI is InChI=1S/C29H39N3O5/c1-8-15-30(7)25(34)21-22-26(35)32(20(5)17-33)24(29(22)14-13-28(21,6)37-29)27(36)31(16-9-2)23-18(3)11-10-12-19(23)4/h8-12,20-22,24,33H,1-2,13-17H2,3-7H3/t20-,21+,22+,24?,28-,29?/m1/s1. The van der Waals surface area contributed by atoms with Gasteiger partial charge in [0.25, 0.3) is 5.91 Å². The topological polar surface area (TPSA) is 90.4 Å². The Balaban J connectivity index is 1.86. The third-order valence-electron chi connectivity index (χ3n) is 8.52. The Morgan fingerprint density at radius 2 is 1.81 bits per heavy atom. The third kappa shape index (κ3) is 3.92. The number of para-hydroxylation sites is 1. The van der Waals surface area contributed by atoms with Crippen LogP contribution >= 0.6 is 0 Å². The summed E-state index contributed by atoms with van der Waals surface area (Å²) >= 11 is 0. The largest absolute Gasteiger partial charge is 0.394 e.